The molecule has 24 heavy (non-hydrogen) atoms. The minimum absolute atomic E-state index is 0.0921. The molecule has 1 unspecified atom stereocenters. The van der Waals surface area contributed by atoms with Gasteiger partial charge in [-0.15, -0.1) is 0 Å². The molecular weight excluding hydrogens is 328 g/mol. The van der Waals surface area contributed by atoms with Crippen LogP contribution >= 0.6 is 11.6 Å². The standard InChI is InChI=1S/C18H19ClN2O3/c1-12(24-16-6-4-5-14(19)11-16)17(22)20-15-9-7-13(8-10-15)18(23)21(2)3/h4-12H,1-3H3,(H,20,22). The SMILES string of the molecule is CC(Oc1cccc(Cl)c1)C(=O)Nc1ccc(C(=O)N(C)C)cc1. The van der Waals surface area contributed by atoms with E-state index < -0.39 is 6.10 Å². The first-order valence-electron chi connectivity index (χ1n) is 7.41. The highest BCUT2D eigenvalue weighted by molar-refractivity contribution is 6.30. The number of nitrogens with zero attached hydrogens (tertiary/aromatic N) is 1. The second kappa shape index (κ2) is 7.84. The number of rotatable bonds is 5. The maximum Gasteiger partial charge on any atom is 0.265 e. The van der Waals surface area contributed by atoms with Gasteiger partial charge in [-0.05, 0) is 49.4 Å². The predicted molar refractivity (Wildman–Crippen MR) is 94.6 cm³/mol. The zero-order valence-electron chi connectivity index (χ0n) is 13.7. The summed E-state index contributed by atoms with van der Waals surface area (Å²) >= 11 is 5.89. The Balaban J connectivity index is 1.97. The molecular formula is C18H19ClN2O3. The summed E-state index contributed by atoms with van der Waals surface area (Å²) in [6.45, 7) is 1.65. The summed E-state index contributed by atoms with van der Waals surface area (Å²) < 4.78 is 5.57. The molecule has 0 aliphatic heterocycles. The summed E-state index contributed by atoms with van der Waals surface area (Å²) in [5.74, 6) is 0.143. The molecule has 1 atom stereocenters. The van der Waals surface area contributed by atoms with Crippen molar-refractivity contribution in [2.75, 3.05) is 19.4 Å². The lowest BCUT2D eigenvalue weighted by molar-refractivity contribution is -0.122. The zero-order chi connectivity index (χ0) is 17.7. The smallest absolute Gasteiger partial charge is 0.265 e. The summed E-state index contributed by atoms with van der Waals surface area (Å²) in [6, 6.07) is 13.6. The van der Waals surface area contributed by atoms with Crippen LogP contribution in [-0.4, -0.2) is 36.9 Å². The van der Waals surface area contributed by atoms with Gasteiger partial charge in [0.25, 0.3) is 11.8 Å². The molecule has 0 radical (unpaired) electrons. The maximum atomic E-state index is 12.2. The van der Waals surface area contributed by atoms with Crippen molar-refractivity contribution in [3.63, 3.8) is 0 Å². The molecule has 0 aliphatic rings. The van der Waals surface area contributed by atoms with Gasteiger partial charge in [0.15, 0.2) is 6.10 Å². The Morgan fingerprint density at radius 2 is 1.79 bits per heavy atom. The minimum atomic E-state index is -0.688. The average molecular weight is 347 g/mol. The number of hydrogen-bond acceptors (Lipinski definition) is 3. The first kappa shape index (κ1) is 17.8. The van der Waals surface area contributed by atoms with E-state index in [-0.39, 0.29) is 11.8 Å². The van der Waals surface area contributed by atoms with Gasteiger partial charge in [-0.1, -0.05) is 17.7 Å². The Kier molecular flexibility index (Phi) is 5.82. The van der Waals surface area contributed by atoms with E-state index in [9.17, 15) is 9.59 Å². The lowest BCUT2D eigenvalue weighted by Gasteiger charge is -2.15. The van der Waals surface area contributed by atoms with Crippen LogP contribution in [0.4, 0.5) is 5.69 Å². The normalized spacial score (nSPS) is 11.5. The summed E-state index contributed by atoms with van der Waals surface area (Å²) in [4.78, 5) is 25.5. The van der Waals surface area contributed by atoms with E-state index in [0.29, 0.717) is 22.0 Å². The van der Waals surface area contributed by atoms with Gasteiger partial charge in [0.1, 0.15) is 5.75 Å². The maximum absolute atomic E-state index is 12.2. The quantitative estimate of drug-likeness (QED) is 0.902. The van der Waals surface area contributed by atoms with Gasteiger partial charge < -0.3 is 15.0 Å². The van der Waals surface area contributed by atoms with Gasteiger partial charge >= 0.3 is 0 Å². The molecule has 1 N–H and O–H groups in total. The number of carbonyl (C=O) groups excluding carboxylic acids is 2. The topological polar surface area (TPSA) is 58.6 Å². The predicted octanol–water partition coefficient (Wildman–Crippen LogP) is 3.45. The molecule has 2 aromatic rings. The van der Waals surface area contributed by atoms with Crippen molar-refractivity contribution < 1.29 is 14.3 Å². The van der Waals surface area contributed by atoms with E-state index in [1.165, 1.54) is 4.90 Å². The van der Waals surface area contributed by atoms with Gasteiger partial charge in [0, 0.05) is 30.4 Å². The Bertz CT molecular complexity index is 729. The average Bonchev–Trinajstić information content (AvgIpc) is 2.54. The molecule has 0 bridgehead atoms. The number of nitrogens with one attached hydrogen (secondary N) is 1. The van der Waals surface area contributed by atoms with Crippen molar-refractivity contribution in [3.8, 4) is 5.75 Å². The van der Waals surface area contributed by atoms with Crippen LogP contribution in [0.2, 0.25) is 5.02 Å². The van der Waals surface area contributed by atoms with Crippen molar-refractivity contribution in [2.24, 2.45) is 0 Å². The molecule has 0 saturated carbocycles. The fraction of sp³-hybridized carbons (Fsp3) is 0.222. The van der Waals surface area contributed by atoms with Crippen LogP contribution < -0.4 is 10.1 Å². The van der Waals surface area contributed by atoms with E-state index >= 15 is 0 Å². The van der Waals surface area contributed by atoms with Crippen LogP contribution in [0.5, 0.6) is 5.75 Å². The minimum Gasteiger partial charge on any atom is -0.481 e. The molecule has 0 spiro atoms. The van der Waals surface area contributed by atoms with Crippen LogP contribution in [0, 0.1) is 0 Å². The monoisotopic (exact) mass is 346 g/mol. The van der Waals surface area contributed by atoms with Gasteiger partial charge in [-0.25, -0.2) is 0 Å². The molecule has 2 aromatic carbocycles. The molecule has 2 rings (SSSR count). The molecule has 0 aliphatic carbocycles. The Morgan fingerprint density at radius 3 is 2.38 bits per heavy atom. The van der Waals surface area contributed by atoms with Crippen LogP contribution in [0.25, 0.3) is 0 Å². The fourth-order valence-corrected chi connectivity index (χ4v) is 2.18. The summed E-state index contributed by atoms with van der Waals surface area (Å²) in [6.07, 6.45) is -0.688. The van der Waals surface area contributed by atoms with E-state index in [0.717, 1.165) is 0 Å². The summed E-state index contributed by atoms with van der Waals surface area (Å²) in [7, 11) is 3.37. The molecule has 0 fully saturated rings. The van der Waals surface area contributed by atoms with E-state index in [1.54, 1.807) is 69.6 Å². The van der Waals surface area contributed by atoms with Crippen molar-refractivity contribution >= 4 is 29.1 Å². The van der Waals surface area contributed by atoms with E-state index in [1.807, 2.05) is 0 Å². The highest BCUT2D eigenvalue weighted by Gasteiger charge is 2.15. The van der Waals surface area contributed by atoms with E-state index in [2.05, 4.69) is 5.32 Å². The first-order valence-corrected chi connectivity index (χ1v) is 7.79. The highest BCUT2D eigenvalue weighted by atomic mass is 35.5. The third-order valence-electron chi connectivity index (χ3n) is 3.28. The molecule has 0 aromatic heterocycles. The second-order valence-electron chi connectivity index (χ2n) is 5.48. The lowest BCUT2D eigenvalue weighted by atomic mass is 10.2. The number of ether oxygens (including phenoxy) is 1. The largest absolute Gasteiger partial charge is 0.481 e. The summed E-state index contributed by atoms with van der Waals surface area (Å²) in [5.41, 5.74) is 1.15. The number of anilines is 1. The second-order valence-corrected chi connectivity index (χ2v) is 5.92. The van der Waals surface area contributed by atoms with Crippen molar-refractivity contribution in [2.45, 2.75) is 13.0 Å². The zero-order valence-corrected chi connectivity index (χ0v) is 14.5. The fourth-order valence-electron chi connectivity index (χ4n) is 2.00. The molecule has 5 nitrogen and oxygen atoms in total. The van der Waals surface area contributed by atoms with Crippen molar-refractivity contribution in [3.05, 3.63) is 59.1 Å². The highest BCUT2D eigenvalue weighted by Crippen LogP contribution is 2.19. The molecule has 6 heteroatoms. The lowest BCUT2D eigenvalue weighted by Crippen LogP contribution is -2.30. The van der Waals surface area contributed by atoms with Crippen LogP contribution in [0.3, 0.4) is 0 Å². The van der Waals surface area contributed by atoms with Crippen molar-refractivity contribution in [1.29, 1.82) is 0 Å². The third-order valence-corrected chi connectivity index (χ3v) is 3.52. The molecule has 2 amide bonds. The number of hydrogen-bond donors (Lipinski definition) is 1. The Hall–Kier alpha value is -2.53. The Morgan fingerprint density at radius 1 is 1.12 bits per heavy atom. The molecule has 0 heterocycles. The van der Waals surface area contributed by atoms with Crippen LogP contribution in [0.1, 0.15) is 17.3 Å². The number of carbonyl (C=O) groups is 2. The Labute approximate surface area is 146 Å². The van der Waals surface area contributed by atoms with Crippen LogP contribution in [-0.2, 0) is 4.79 Å². The van der Waals surface area contributed by atoms with Gasteiger partial charge in [-0.3, -0.25) is 9.59 Å². The van der Waals surface area contributed by atoms with Gasteiger partial charge in [-0.2, -0.15) is 0 Å². The van der Waals surface area contributed by atoms with Crippen LogP contribution in [0.15, 0.2) is 48.5 Å². The molecule has 0 saturated heterocycles. The van der Waals surface area contributed by atoms with Crippen molar-refractivity contribution in [1.82, 2.24) is 4.90 Å². The van der Waals surface area contributed by atoms with Gasteiger partial charge in [0.2, 0.25) is 0 Å². The molecule has 126 valence electrons. The van der Waals surface area contributed by atoms with E-state index in [4.69, 9.17) is 16.3 Å². The third kappa shape index (κ3) is 4.73. The number of amides is 2. The number of benzene rings is 2. The number of halogens is 1. The summed E-state index contributed by atoms with van der Waals surface area (Å²) in [5, 5.41) is 3.29. The first-order chi connectivity index (χ1) is 11.4. The van der Waals surface area contributed by atoms with Gasteiger partial charge in [0.05, 0.1) is 0 Å².